The van der Waals surface area contributed by atoms with Crippen molar-refractivity contribution in [1.29, 1.82) is 0 Å². The van der Waals surface area contributed by atoms with Crippen molar-refractivity contribution in [2.24, 2.45) is 0 Å². The van der Waals surface area contributed by atoms with Crippen LogP contribution in [0.4, 0.5) is 11.4 Å². The Balaban J connectivity index is 2.19. The molecule has 0 atom stereocenters. The smallest absolute Gasteiger partial charge is 0.0687 e. The van der Waals surface area contributed by atoms with E-state index in [-0.39, 0.29) is 0 Å². The second kappa shape index (κ2) is 4.57. The van der Waals surface area contributed by atoms with E-state index < -0.39 is 0 Å². The highest BCUT2D eigenvalue weighted by atomic mass is 127. The van der Waals surface area contributed by atoms with E-state index in [1.54, 1.807) is 0 Å². The molecule has 1 heterocycles. The van der Waals surface area contributed by atoms with Gasteiger partial charge in [-0.2, -0.15) is 0 Å². The Morgan fingerprint density at radius 2 is 1.87 bits per heavy atom. The van der Waals surface area contributed by atoms with Crippen LogP contribution in [0.2, 0.25) is 0 Å². The van der Waals surface area contributed by atoms with E-state index in [4.69, 9.17) is 5.73 Å². The maximum Gasteiger partial charge on any atom is 0.0687 e. The van der Waals surface area contributed by atoms with Crippen LogP contribution < -0.4 is 10.6 Å². The molecule has 0 spiro atoms. The quantitative estimate of drug-likeness (QED) is 0.631. The van der Waals surface area contributed by atoms with E-state index >= 15 is 0 Å². The summed E-state index contributed by atoms with van der Waals surface area (Å²) >= 11 is 2.29. The molecule has 2 N–H and O–H groups in total. The highest BCUT2D eigenvalue weighted by molar-refractivity contribution is 14.1. The van der Waals surface area contributed by atoms with E-state index in [0.29, 0.717) is 0 Å². The molecule has 1 fully saturated rings. The molecule has 0 unspecified atom stereocenters. The number of hydrogen-bond donors (Lipinski definition) is 1. The number of benzene rings is 1. The predicted molar refractivity (Wildman–Crippen MR) is 73.3 cm³/mol. The van der Waals surface area contributed by atoms with Gasteiger partial charge in [0.1, 0.15) is 0 Å². The summed E-state index contributed by atoms with van der Waals surface area (Å²) in [7, 11) is 2.16. The molecule has 15 heavy (non-hydrogen) atoms. The molecule has 0 radical (unpaired) electrons. The first-order valence-electron chi connectivity index (χ1n) is 5.16. The van der Waals surface area contributed by atoms with Gasteiger partial charge in [0.05, 0.1) is 11.4 Å². The van der Waals surface area contributed by atoms with Crippen LogP contribution in [-0.4, -0.2) is 38.1 Å². The summed E-state index contributed by atoms with van der Waals surface area (Å²) in [4.78, 5) is 4.72. The molecule has 3 nitrogen and oxygen atoms in total. The van der Waals surface area contributed by atoms with Gasteiger partial charge in [-0.3, -0.25) is 0 Å². The number of piperazine rings is 1. The summed E-state index contributed by atoms with van der Waals surface area (Å²) in [6.45, 7) is 4.37. The lowest BCUT2D eigenvalue weighted by molar-refractivity contribution is 0.313. The minimum absolute atomic E-state index is 0.919. The lowest BCUT2D eigenvalue weighted by Crippen LogP contribution is -2.44. The average molecular weight is 317 g/mol. The zero-order valence-electron chi connectivity index (χ0n) is 8.91. The lowest BCUT2D eigenvalue weighted by Gasteiger charge is -2.34. The van der Waals surface area contributed by atoms with Gasteiger partial charge in [-0.1, -0.05) is 6.07 Å². The van der Waals surface area contributed by atoms with E-state index in [2.05, 4.69) is 57.6 Å². The Bertz CT molecular complexity index is 346. The van der Waals surface area contributed by atoms with Gasteiger partial charge >= 0.3 is 0 Å². The standard InChI is InChI=1S/C11H16IN3/c1-14-5-7-15(8-6-14)10-4-2-3-9(12)11(10)13/h2-4H,5-8,13H2,1H3. The fourth-order valence-electron chi connectivity index (χ4n) is 1.85. The van der Waals surface area contributed by atoms with Gasteiger partial charge in [0.15, 0.2) is 0 Å². The first-order chi connectivity index (χ1) is 7.18. The van der Waals surface area contributed by atoms with Crippen LogP contribution in [0, 0.1) is 3.57 Å². The number of likely N-dealkylation sites (N-methyl/N-ethyl adjacent to an activating group) is 1. The molecule has 0 bridgehead atoms. The molecule has 1 aliphatic heterocycles. The highest BCUT2D eigenvalue weighted by Gasteiger charge is 2.16. The largest absolute Gasteiger partial charge is 0.396 e. The Kier molecular flexibility index (Phi) is 3.35. The van der Waals surface area contributed by atoms with Crippen molar-refractivity contribution in [3.05, 3.63) is 21.8 Å². The molecule has 1 aliphatic rings. The molecule has 0 aliphatic carbocycles. The lowest BCUT2D eigenvalue weighted by atomic mass is 10.2. The number of nitrogen functional groups attached to an aromatic ring is 1. The van der Waals surface area contributed by atoms with Crippen LogP contribution in [0.5, 0.6) is 0 Å². The van der Waals surface area contributed by atoms with Crippen LogP contribution in [-0.2, 0) is 0 Å². The summed E-state index contributed by atoms with van der Waals surface area (Å²) in [5.74, 6) is 0. The van der Waals surface area contributed by atoms with Crippen molar-refractivity contribution in [1.82, 2.24) is 4.90 Å². The molecule has 2 rings (SSSR count). The average Bonchev–Trinajstić information content (AvgIpc) is 2.24. The van der Waals surface area contributed by atoms with Crippen molar-refractivity contribution in [3.63, 3.8) is 0 Å². The minimum atomic E-state index is 0.919. The summed E-state index contributed by atoms with van der Waals surface area (Å²) in [6, 6.07) is 6.24. The van der Waals surface area contributed by atoms with Gasteiger partial charge in [0.2, 0.25) is 0 Å². The molecular weight excluding hydrogens is 301 g/mol. The maximum atomic E-state index is 6.09. The third-order valence-electron chi connectivity index (χ3n) is 2.87. The van der Waals surface area contributed by atoms with Crippen molar-refractivity contribution in [3.8, 4) is 0 Å². The summed E-state index contributed by atoms with van der Waals surface area (Å²) in [5, 5.41) is 0. The third kappa shape index (κ3) is 2.36. The van der Waals surface area contributed by atoms with E-state index in [9.17, 15) is 0 Å². The first-order valence-corrected chi connectivity index (χ1v) is 6.24. The molecule has 0 saturated carbocycles. The second-order valence-electron chi connectivity index (χ2n) is 3.96. The molecule has 1 aromatic carbocycles. The molecule has 0 aromatic heterocycles. The molecular formula is C11H16IN3. The minimum Gasteiger partial charge on any atom is -0.396 e. The van der Waals surface area contributed by atoms with Crippen molar-refractivity contribution >= 4 is 34.0 Å². The molecule has 4 heteroatoms. The normalized spacial score (nSPS) is 18.1. The second-order valence-corrected chi connectivity index (χ2v) is 5.13. The molecule has 0 amide bonds. The molecule has 1 saturated heterocycles. The SMILES string of the molecule is CN1CCN(c2cccc(I)c2N)CC1. The Hall–Kier alpha value is -0.490. The van der Waals surface area contributed by atoms with E-state index in [1.165, 1.54) is 5.69 Å². The number of rotatable bonds is 1. The highest BCUT2D eigenvalue weighted by Crippen LogP contribution is 2.28. The third-order valence-corrected chi connectivity index (χ3v) is 3.81. The van der Waals surface area contributed by atoms with Crippen LogP contribution in [0.25, 0.3) is 0 Å². The fourth-order valence-corrected chi connectivity index (χ4v) is 2.33. The van der Waals surface area contributed by atoms with Crippen molar-refractivity contribution in [2.45, 2.75) is 0 Å². The summed E-state index contributed by atoms with van der Waals surface area (Å²) in [6.07, 6.45) is 0. The maximum absolute atomic E-state index is 6.09. The number of hydrogen-bond acceptors (Lipinski definition) is 3. The Morgan fingerprint density at radius 1 is 1.20 bits per heavy atom. The van der Waals surface area contributed by atoms with Crippen molar-refractivity contribution in [2.75, 3.05) is 43.9 Å². The zero-order valence-corrected chi connectivity index (χ0v) is 11.1. The monoisotopic (exact) mass is 317 g/mol. The number of para-hydroxylation sites is 1. The van der Waals surface area contributed by atoms with Gasteiger partial charge in [0, 0.05) is 29.7 Å². The number of halogens is 1. The summed E-state index contributed by atoms with van der Waals surface area (Å²) in [5.41, 5.74) is 8.19. The van der Waals surface area contributed by atoms with Crippen LogP contribution in [0.15, 0.2) is 18.2 Å². The van der Waals surface area contributed by atoms with E-state index in [1.807, 2.05) is 0 Å². The van der Waals surface area contributed by atoms with Crippen molar-refractivity contribution < 1.29 is 0 Å². The predicted octanol–water partition coefficient (Wildman–Crippen LogP) is 1.63. The number of anilines is 2. The molecule has 82 valence electrons. The van der Waals surface area contributed by atoms with Crippen LogP contribution in [0.3, 0.4) is 0 Å². The van der Waals surface area contributed by atoms with Gasteiger partial charge < -0.3 is 15.5 Å². The Labute approximate surface area is 104 Å². The van der Waals surface area contributed by atoms with Gasteiger partial charge in [-0.25, -0.2) is 0 Å². The van der Waals surface area contributed by atoms with Gasteiger partial charge in [0.25, 0.3) is 0 Å². The summed E-state index contributed by atoms with van der Waals surface area (Å²) < 4.78 is 1.14. The van der Waals surface area contributed by atoms with Crippen LogP contribution >= 0.6 is 22.6 Å². The number of nitrogens with zero attached hydrogens (tertiary/aromatic N) is 2. The Morgan fingerprint density at radius 3 is 2.53 bits per heavy atom. The van der Waals surface area contributed by atoms with Gasteiger partial charge in [-0.15, -0.1) is 0 Å². The number of nitrogens with two attached hydrogens (primary N) is 1. The van der Waals surface area contributed by atoms with E-state index in [0.717, 1.165) is 35.4 Å². The first kappa shape index (κ1) is 11.0. The fraction of sp³-hybridized carbons (Fsp3) is 0.455. The van der Waals surface area contributed by atoms with Gasteiger partial charge in [-0.05, 0) is 41.8 Å². The zero-order chi connectivity index (χ0) is 10.8. The topological polar surface area (TPSA) is 32.5 Å². The van der Waals surface area contributed by atoms with Crippen LogP contribution in [0.1, 0.15) is 0 Å². The molecule has 1 aromatic rings.